The van der Waals surface area contributed by atoms with Crippen molar-refractivity contribution in [3.8, 4) is 5.75 Å². The van der Waals surface area contributed by atoms with E-state index in [1.165, 1.54) is 0 Å². The van der Waals surface area contributed by atoms with Gasteiger partial charge in [0.15, 0.2) is 5.96 Å². The van der Waals surface area contributed by atoms with Gasteiger partial charge in [-0.2, -0.15) is 0 Å². The predicted octanol–water partition coefficient (Wildman–Crippen LogP) is 2.69. The maximum absolute atomic E-state index is 5.92. The summed E-state index contributed by atoms with van der Waals surface area (Å²) in [5.74, 6) is 2.50. The molecule has 0 saturated carbocycles. The predicted molar refractivity (Wildman–Crippen MR) is 113 cm³/mol. The van der Waals surface area contributed by atoms with E-state index in [-0.39, 0.29) is 6.10 Å². The van der Waals surface area contributed by atoms with Gasteiger partial charge in [-0.1, -0.05) is 11.6 Å². The molecule has 1 unspecified atom stereocenters. The third-order valence-corrected chi connectivity index (χ3v) is 4.65. The lowest BCUT2D eigenvalue weighted by Crippen LogP contribution is -2.53. The van der Waals surface area contributed by atoms with E-state index >= 15 is 0 Å². The molecule has 1 atom stereocenters. The molecule has 1 aliphatic rings. The van der Waals surface area contributed by atoms with Crippen molar-refractivity contribution in [3.05, 3.63) is 47.7 Å². The smallest absolute Gasteiger partial charge is 0.225 e. The quantitative estimate of drug-likeness (QED) is 0.592. The van der Waals surface area contributed by atoms with Crippen LogP contribution < -0.4 is 15.0 Å². The highest BCUT2D eigenvalue weighted by Crippen LogP contribution is 2.17. The lowest BCUT2D eigenvalue weighted by atomic mass is 10.3. The molecule has 0 amide bonds. The van der Waals surface area contributed by atoms with Crippen LogP contribution in [0.5, 0.6) is 5.75 Å². The van der Waals surface area contributed by atoms with Crippen LogP contribution in [0.2, 0.25) is 5.02 Å². The van der Waals surface area contributed by atoms with Crippen molar-refractivity contribution >= 4 is 23.5 Å². The van der Waals surface area contributed by atoms with E-state index in [9.17, 15) is 0 Å². The molecule has 0 spiro atoms. The number of guanidine groups is 1. The fourth-order valence-electron chi connectivity index (χ4n) is 3.00. The molecule has 7 nitrogen and oxygen atoms in total. The minimum Gasteiger partial charge on any atom is -0.489 e. The molecule has 8 heteroatoms. The molecule has 2 aromatic rings. The fourth-order valence-corrected chi connectivity index (χ4v) is 3.12. The number of aliphatic imine (C=N–C) groups is 1. The number of aromatic nitrogens is 2. The van der Waals surface area contributed by atoms with E-state index in [0.717, 1.165) is 50.4 Å². The second kappa shape index (κ2) is 10.1. The van der Waals surface area contributed by atoms with Crippen molar-refractivity contribution < 1.29 is 4.74 Å². The Morgan fingerprint density at radius 3 is 2.50 bits per heavy atom. The third kappa shape index (κ3) is 5.73. The number of rotatable bonds is 6. The summed E-state index contributed by atoms with van der Waals surface area (Å²) in [5.41, 5.74) is 0. The Morgan fingerprint density at radius 2 is 1.86 bits per heavy atom. The first-order chi connectivity index (χ1) is 13.7. The minimum absolute atomic E-state index is 0.0335. The average molecular weight is 403 g/mol. The fraction of sp³-hybridized carbons (Fsp3) is 0.450. The van der Waals surface area contributed by atoms with Crippen molar-refractivity contribution in [3.63, 3.8) is 0 Å². The standard InChI is InChI=1S/C20H27ClN6O/c1-3-22-19(25-15-16(2)28-18-7-5-17(21)6-8-18)26-11-13-27(14-12-26)20-23-9-4-10-24-20/h4-10,16H,3,11-15H2,1-2H3,(H,22,25). The molecule has 1 aromatic heterocycles. The number of piperazine rings is 1. The van der Waals surface area contributed by atoms with Crippen molar-refractivity contribution in [2.45, 2.75) is 20.0 Å². The number of halogens is 1. The zero-order valence-electron chi connectivity index (χ0n) is 16.4. The molecule has 2 heterocycles. The number of nitrogens with one attached hydrogen (secondary N) is 1. The third-order valence-electron chi connectivity index (χ3n) is 4.40. The highest BCUT2D eigenvalue weighted by molar-refractivity contribution is 6.30. The number of hydrogen-bond acceptors (Lipinski definition) is 5. The van der Waals surface area contributed by atoms with Gasteiger partial charge in [0.05, 0.1) is 6.54 Å². The molecule has 1 saturated heterocycles. The van der Waals surface area contributed by atoms with Crippen molar-refractivity contribution in [2.24, 2.45) is 4.99 Å². The molecule has 0 radical (unpaired) electrons. The van der Waals surface area contributed by atoms with Crippen LogP contribution in [0.1, 0.15) is 13.8 Å². The summed E-state index contributed by atoms with van der Waals surface area (Å²) in [5, 5.41) is 4.09. The number of ether oxygens (including phenoxy) is 1. The normalized spacial score (nSPS) is 16.0. The molecule has 28 heavy (non-hydrogen) atoms. The lowest BCUT2D eigenvalue weighted by molar-refractivity contribution is 0.229. The second-order valence-corrected chi connectivity index (χ2v) is 7.04. The Hall–Kier alpha value is -2.54. The van der Waals surface area contributed by atoms with Gasteiger partial charge in [-0.25, -0.2) is 15.0 Å². The van der Waals surface area contributed by atoms with E-state index in [0.29, 0.717) is 11.6 Å². The molecule has 3 rings (SSSR count). The highest BCUT2D eigenvalue weighted by atomic mass is 35.5. The first-order valence-electron chi connectivity index (χ1n) is 9.63. The first kappa shape index (κ1) is 20.2. The molecule has 150 valence electrons. The molecular weight excluding hydrogens is 376 g/mol. The molecule has 1 aliphatic heterocycles. The topological polar surface area (TPSA) is 65.9 Å². The first-order valence-corrected chi connectivity index (χ1v) is 10.0. The minimum atomic E-state index is -0.0335. The van der Waals surface area contributed by atoms with Gasteiger partial charge in [0.2, 0.25) is 5.95 Å². The van der Waals surface area contributed by atoms with Gasteiger partial charge in [0.1, 0.15) is 11.9 Å². The zero-order valence-corrected chi connectivity index (χ0v) is 17.1. The van der Waals surface area contributed by atoms with Crippen LogP contribution in [0, 0.1) is 0 Å². The molecule has 1 N–H and O–H groups in total. The van der Waals surface area contributed by atoms with Crippen LogP contribution in [0.4, 0.5) is 5.95 Å². The molecule has 1 aromatic carbocycles. The molecule has 0 aliphatic carbocycles. The largest absolute Gasteiger partial charge is 0.489 e. The van der Waals surface area contributed by atoms with Gasteiger partial charge >= 0.3 is 0 Å². The highest BCUT2D eigenvalue weighted by Gasteiger charge is 2.21. The maximum Gasteiger partial charge on any atom is 0.225 e. The zero-order chi connectivity index (χ0) is 19.8. The Bertz CT molecular complexity index is 747. The number of hydrogen-bond donors (Lipinski definition) is 1. The number of anilines is 1. The van der Waals surface area contributed by atoms with E-state index in [1.807, 2.05) is 37.3 Å². The maximum atomic E-state index is 5.92. The Labute approximate surface area is 171 Å². The number of benzene rings is 1. The average Bonchev–Trinajstić information content (AvgIpc) is 2.73. The van der Waals surface area contributed by atoms with Crippen LogP contribution in [0.15, 0.2) is 47.7 Å². The van der Waals surface area contributed by atoms with E-state index in [1.54, 1.807) is 12.4 Å². The van der Waals surface area contributed by atoms with E-state index in [4.69, 9.17) is 21.3 Å². The van der Waals surface area contributed by atoms with E-state index in [2.05, 4.69) is 32.0 Å². The van der Waals surface area contributed by atoms with Crippen molar-refractivity contribution in [1.29, 1.82) is 0 Å². The molecule has 1 fully saturated rings. The summed E-state index contributed by atoms with van der Waals surface area (Å²) in [4.78, 5) is 17.9. The van der Waals surface area contributed by atoms with Crippen LogP contribution in [-0.4, -0.2) is 66.2 Å². The summed E-state index contributed by atoms with van der Waals surface area (Å²) in [6.07, 6.45) is 3.53. The van der Waals surface area contributed by atoms with Crippen molar-refractivity contribution in [2.75, 3.05) is 44.2 Å². The summed E-state index contributed by atoms with van der Waals surface area (Å²) in [6, 6.07) is 9.24. The van der Waals surface area contributed by atoms with Gasteiger partial charge in [0, 0.05) is 50.1 Å². The summed E-state index contributed by atoms with van der Waals surface area (Å²) >= 11 is 5.92. The number of nitrogens with zero attached hydrogens (tertiary/aromatic N) is 5. The van der Waals surface area contributed by atoms with Gasteiger partial charge in [-0.15, -0.1) is 0 Å². The van der Waals surface area contributed by atoms with Gasteiger partial charge in [0.25, 0.3) is 0 Å². The van der Waals surface area contributed by atoms with Crippen LogP contribution in [-0.2, 0) is 0 Å². The lowest BCUT2D eigenvalue weighted by Gasteiger charge is -2.36. The second-order valence-electron chi connectivity index (χ2n) is 6.60. The Kier molecular flexibility index (Phi) is 7.31. The van der Waals surface area contributed by atoms with Gasteiger partial charge < -0.3 is 19.9 Å². The van der Waals surface area contributed by atoms with Gasteiger partial charge in [-0.05, 0) is 44.2 Å². The van der Waals surface area contributed by atoms with Crippen molar-refractivity contribution in [1.82, 2.24) is 20.2 Å². The molecule has 0 bridgehead atoms. The SMILES string of the molecule is CCNC(=NCC(C)Oc1ccc(Cl)cc1)N1CCN(c2ncccn2)CC1. The van der Waals surface area contributed by atoms with Crippen LogP contribution in [0.25, 0.3) is 0 Å². The summed E-state index contributed by atoms with van der Waals surface area (Å²) in [7, 11) is 0. The molecular formula is C20H27ClN6O. The Balaban J connectivity index is 1.54. The van der Waals surface area contributed by atoms with Crippen LogP contribution >= 0.6 is 11.6 Å². The van der Waals surface area contributed by atoms with E-state index < -0.39 is 0 Å². The van der Waals surface area contributed by atoms with Gasteiger partial charge in [-0.3, -0.25) is 0 Å². The summed E-state index contributed by atoms with van der Waals surface area (Å²) < 4.78 is 5.92. The Morgan fingerprint density at radius 1 is 1.18 bits per heavy atom. The monoisotopic (exact) mass is 402 g/mol. The summed E-state index contributed by atoms with van der Waals surface area (Å²) in [6.45, 7) is 8.98. The van der Waals surface area contributed by atoms with Crippen LogP contribution in [0.3, 0.4) is 0 Å².